The van der Waals surface area contributed by atoms with Crippen molar-refractivity contribution in [1.82, 2.24) is 0 Å². The first kappa shape index (κ1) is 10.7. The van der Waals surface area contributed by atoms with Crippen LogP contribution in [-0.2, 0) is 0 Å². The molecule has 3 atom stereocenters. The summed E-state index contributed by atoms with van der Waals surface area (Å²) in [6, 6.07) is 3.59. The molecule has 0 fully saturated rings. The lowest BCUT2D eigenvalue weighted by Gasteiger charge is -2.23. The Morgan fingerprint density at radius 1 is 1.35 bits per heavy atom. The van der Waals surface area contributed by atoms with E-state index < -0.39 is 6.10 Å². The summed E-state index contributed by atoms with van der Waals surface area (Å²) >= 11 is 0. The third-order valence-corrected chi connectivity index (χ3v) is 3.95. The maximum Gasteiger partial charge on any atom is 0.161 e. The van der Waals surface area contributed by atoms with E-state index in [9.17, 15) is 10.2 Å². The standard InChI is InChI=1S/C14H16O3/c1-17-11-7-6-10-12(14(11)16)8-4-2-3-5-9(8)13(10)15/h3,5-9,13,15-16H,2,4H2,1H3/t8-,9+,13+/m1/s1. The summed E-state index contributed by atoms with van der Waals surface area (Å²) in [4.78, 5) is 0. The summed E-state index contributed by atoms with van der Waals surface area (Å²) < 4.78 is 5.14. The second-order valence-electron chi connectivity index (χ2n) is 4.75. The van der Waals surface area contributed by atoms with E-state index in [1.807, 2.05) is 6.07 Å². The molecule has 2 aliphatic carbocycles. The zero-order valence-corrected chi connectivity index (χ0v) is 9.76. The van der Waals surface area contributed by atoms with Gasteiger partial charge < -0.3 is 14.9 Å². The predicted molar refractivity (Wildman–Crippen MR) is 64.2 cm³/mol. The largest absolute Gasteiger partial charge is 0.504 e. The molecule has 0 saturated heterocycles. The molecule has 0 spiro atoms. The molecule has 3 heteroatoms. The van der Waals surface area contributed by atoms with Crippen molar-refractivity contribution < 1.29 is 14.9 Å². The molecule has 0 aliphatic heterocycles. The summed E-state index contributed by atoms with van der Waals surface area (Å²) in [6.45, 7) is 0. The van der Waals surface area contributed by atoms with Crippen LogP contribution in [0.5, 0.6) is 11.5 Å². The van der Waals surface area contributed by atoms with Gasteiger partial charge in [0, 0.05) is 11.5 Å². The Hall–Kier alpha value is -1.48. The highest BCUT2D eigenvalue weighted by Crippen LogP contribution is 2.54. The molecule has 0 bridgehead atoms. The van der Waals surface area contributed by atoms with E-state index in [2.05, 4.69) is 12.2 Å². The summed E-state index contributed by atoms with van der Waals surface area (Å²) in [7, 11) is 1.55. The molecule has 2 N–H and O–H groups in total. The number of ether oxygens (including phenoxy) is 1. The Morgan fingerprint density at radius 3 is 2.94 bits per heavy atom. The number of aromatic hydroxyl groups is 1. The van der Waals surface area contributed by atoms with Crippen molar-refractivity contribution in [3.8, 4) is 11.5 Å². The van der Waals surface area contributed by atoms with Crippen LogP contribution in [0, 0.1) is 5.92 Å². The second-order valence-corrected chi connectivity index (χ2v) is 4.75. The van der Waals surface area contributed by atoms with Crippen molar-refractivity contribution in [2.24, 2.45) is 5.92 Å². The Labute approximate surface area is 100 Å². The van der Waals surface area contributed by atoms with Crippen LogP contribution >= 0.6 is 0 Å². The van der Waals surface area contributed by atoms with Gasteiger partial charge >= 0.3 is 0 Å². The van der Waals surface area contributed by atoms with Crippen molar-refractivity contribution in [3.05, 3.63) is 35.4 Å². The number of benzene rings is 1. The molecule has 0 amide bonds. The molecule has 3 nitrogen and oxygen atoms in total. The van der Waals surface area contributed by atoms with E-state index >= 15 is 0 Å². The minimum atomic E-state index is -0.497. The van der Waals surface area contributed by atoms with Crippen molar-refractivity contribution in [1.29, 1.82) is 0 Å². The number of aliphatic hydroxyl groups excluding tert-OH is 1. The number of hydrogen-bond donors (Lipinski definition) is 2. The monoisotopic (exact) mass is 232 g/mol. The maximum atomic E-state index is 10.3. The van der Waals surface area contributed by atoms with Gasteiger partial charge in [0.1, 0.15) is 0 Å². The maximum absolute atomic E-state index is 10.3. The highest BCUT2D eigenvalue weighted by Gasteiger charge is 2.41. The number of allylic oxidation sites excluding steroid dienone is 1. The highest BCUT2D eigenvalue weighted by molar-refractivity contribution is 5.56. The lowest BCUT2D eigenvalue weighted by Crippen LogP contribution is -2.12. The predicted octanol–water partition coefficient (Wildman–Crippen LogP) is 2.50. The van der Waals surface area contributed by atoms with Gasteiger partial charge in [-0.2, -0.15) is 0 Å². The second kappa shape index (κ2) is 3.77. The first-order valence-electron chi connectivity index (χ1n) is 5.98. The van der Waals surface area contributed by atoms with Gasteiger partial charge in [0.2, 0.25) is 0 Å². The van der Waals surface area contributed by atoms with Crippen LogP contribution in [-0.4, -0.2) is 17.3 Å². The van der Waals surface area contributed by atoms with E-state index in [1.165, 1.54) is 0 Å². The molecule has 0 radical (unpaired) electrons. The van der Waals surface area contributed by atoms with Crippen LogP contribution in [0.4, 0.5) is 0 Å². The number of methoxy groups -OCH3 is 1. The Balaban J connectivity index is 2.16. The summed E-state index contributed by atoms with van der Waals surface area (Å²) in [5.41, 5.74) is 1.73. The molecule has 0 heterocycles. The number of hydrogen-bond acceptors (Lipinski definition) is 3. The molecule has 2 aliphatic rings. The summed E-state index contributed by atoms with van der Waals surface area (Å²) in [5, 5.41) is 20.5. The molecular weight excluding hydrogens is 216 g/mol. The molecule has 0 unspecified atom stereocenters. The average Bonchev–Trinajstić information content (AvgIpc) is 2.65. The Bertz CT molecular complexity index is 479. The highest BCUT2D eigenvalue weighted by atomic mass is 16.5. The fraction of sp³-hybridized carbons (Fsp3) is 0.429. The molecule has 1 aromatic rings. The van der Waals surface area contributed by atoms with Crippen LogP contribution in [0.2, 0.25) is 0 Å². The van der Waals surface area contributed by atoms with E-state index in [1.54, 1.807) is 13.2 Å². The van der Waals surface area contributed by atoms with Crippen LogP contribution < -0.4 is 4.74 Å². The molecule has 0 aromatic heterocycles. The van der Waals surface area contributed by atoms with Crippen LogP contribution in [0.15, 0.2) is 24.3 Å². The molecule has 3 rings (SSSR count). The SMILES string of the molecule is COc1ccc2c(c1O)[C@@H]1CCC=C[C@@H]1[C@@H]2O. The zero-order chi connectivity index (χ0) is 12.0. The van der Waals surface area contributed by atoms with Gasteiger partial charge in [-0.3, -0.25) is 0 Å². The molecule has 90 valence electrons. The lowest BCUT2D eigenvalue weighted by atomic mass is 9.83. The third-order valence-electron chi connectivity index (χ3n) is 3.95. The van der Waals surface area contributed by atoms with Gasteiger partial charge in [-0.05, 0) is 30.4 Å². The van der Waals surface area contributed by atoms with Gasteiger partial charge in [-0.25, -0.2) is 0 Å². The number of phenolic OH excluding ortho intramolecular Hbond substituents is 1. The van der Waals surface area contributed by atoms with E-state index in [4.69, 9.17) is 4.74 Å². The van der Waals surface area contributed by atoms with Crippen LogP contribution in [0.25, 0.3) is 0 Å². The van der Waals surface area contributed by atoms with Gasteiger partial charge in [-0.15, -0.1) is 0 Å². The summed E-state index contributed by atoms with van der Waals surface area (Å²) in [6.07, 6.45) is 5.67. The Morgan fingerprint density at radius 2 is 2.18 bits per heavy atom. The lowest BCUT2D eigenvalue weighted by molar-refractivity contribution is 0.131. The number of fused-ring (bicyclic) bond motifs is 3. The van der Waals surface area contributed by atoms with Gasteiger partial charge in [0.05, 0.1) is 13.2 Å². The topological polar surface area (TPSA) is 49.7 Å². The van der Waals surface area contributed by atoms with E-state index in [0.29, 0.717) is 5.75 Å². The van der Waals surface area contributed by atoms with Crippen molar-refractivity contribution in [2.75, 3.05) is 7.11 Å². The van der Waals surface area contributed by atoms with Crippen molar-refractivity contribution in [2.45, 2.75) is 24.9 Å². The van der Waals surface area contributed by atoms with Gasteiger partial charge in [0.15, 0.2) is 11.5 Å². The molecule has 1 aromatic carbocycles. The molecule has 0 saturated carbocycles. The normalized spacial score (nSPS) is 29.9. The van der Waals surface area contributed by atoms with Crippen LogP contribution in [0.1, 0.15) is 36.0 Å². The fourth-order valence-corrected chi connectivity index (χ4v) is 3.14. The smallest absolute Gasteiger partial charge is 0.161 e. The number of rotatable bonds is 1. The Kier molecular flexibility index (Phi) is 2.37. The van der Waals surface area contributed by atoms with E-state index in [-0.39, 0.29) is 17.6 Å². The first-order valence-corrected chi connectivity index (χ1v) is 5.98. The third kappa shape index (κ3) is 1.39. The van der Waals surface area contributed by atoms with Crippen LogP contribution in [0.3, 0.4) is 0 Å². The molecular formula is C14H16O3. The fourth-order valence-electron chi connectivity index (χ4n) is 3.14. The zero-order valence-electron chi connectivity index (χ0n) is 9.76. The van der Waals surface area contributed by atoms with Gasteiger partial charge in [0.25, 0.3) is 0 Å². The molecule has 17 heavy (non-hydrogen) atoms. The first-order chi connectivity index (χ1) is 8.24. The van der Waals surface area contributed by atoms with E-state index in [0.717, 1.165) is 24.0 Å². The van der Waals surface area contributed by atoms with Crippen molar-refractivity contribution >= 4 is 0 Å². The van der Waals surface area contributed by atoms with Crippen molar-refractivity contribution in [3.63, 3.8) is 0 Å². The minimum absolute atomic E-state index is 0.108. The quantitative estimate of drug-likeness (QED) is 0.731. The van der Waals surface area contributed by atoms with Gasteiger partial charge in [-0.1, -0.05) is 18.2 Å². The minimum Gasteiger partial charge on any atom is -0.504 e. The average molecular weight is 232 g/mol. The number of aliphatic hydroxyl groups is 1. The number of phenols is 1. The summed E-state index contributed by atoms with van der Waals surface area (Å²) in [5.74, 6) is 1.02.